The molecule has 4 rings (SSSR count). The Balaban J connectivity index is 1.40. The molecular weight excluding hydrogens is 428 g/mol. The lowest BCUT2D eigenvalue weighted by Crippen LogP contribution is -2.37. The van der Waals surface area contributed by atoms with Gasteiger partial charge in [-0.05, 0) is 42.5 Å². The third-order valence-corrected chi connectivity index (χ3v) is 5.54. The normalized spacial score (nSPS) is 13.1. The summed E-state index contributed by atoms with van der Waals surface area (Å²) in [5.41, 5.74) is 2.54. The van der Waals surface area contributed by atoms with Crippen LogP contribution in [0.3, 0.4) is 0 Å². The number of fused-ring (bicyclic) bond motifs is 1. The van der Waals surface area contributed by atoms with Crippen LogP contribution in [0.4, 0.5) is 5.69 Å². The third kappa shape index (κ3) is 5.14. The van der Waals surface area contributed by atoms with E-state index in [1.807, 2.05) is 49.1 Å². The molecule has 7 heteroatoms. The highest BCUT2D eigenvalue weighted by atomic mass is 35.5. The Labute approximate surface area is 192 Å². The largest absolute Gasteiger partial charge is 0.484 e. The molecule has 0 aliphatic carbocycles. The van der Waals surface area contributed by atoms with Crippen molar-refractivity contribution in [3.05, 3.63) is 70.9 Å². The minimum atomic E-state index is -0.265. The van der Waals surface area contributed by atoms with E-state index in [-0.39, 0.29) is 24.3 Å². The SMILES string of the molecule is CC(C)C(=O)N1CCc2oc(-c3cccc(NC(=O)COc4ccc(Cl)cc4)c3)cc2C1. The number of amides is 2. The molecule has 2 aromatic carbocycles. The zero-order chi connectivity index (χ0) is 22.7. The topological polar surface area (TPSA) is 71.8 Å². The number of nitrogens with one attached hydrogen (secondary N) is 1. The van der Waals surface area contributed by atoms with Crippen LogP contribution in [-0.4, -0.2) is 29.9 Å². The van der Waals surface area contributed by atoms with Crippen molar-refractivity contribution < 1.29 is 18.7 Å². The van der Waals surface area contributed by atoms with Gasteiger partial charge in [0.1, 0.15) is 17.3 Å². The van der Waals surface area contributed by atoms with Gasteiger partial charge in [0.2, 0.25) is 5.91 Å². The predicted octanol–water partition coefficient (Wildman–Crippen LogP) is 5.16. The summed E-state index contributed by atoms with van der Waals surface area (Å²) < 4.78 is 11.6. The lowest BCUT2D eigenvalue weighted by atomic mass is 10.1. The number of carbonyl (C=O) groups is 2. The Kier molecular flexibility index (Phi) is 6.51. The Morgan fingerprint density at radius 1 is 1.16 bits per heavy atom. The molecule has 0 bridgehead atoms. The molecule has 2 amide bonds. The van der Waals surface area contributed by atoms with Crippen molar-refractivity contribution in [3.8, 4) is 17.1 Å². The maximum Gasteiger partial charge on any atom is 0.262 e. The molecule has 6 nitrogen and oxygen atoms in total. The summed E-state index contributed by atoms with van der Waals surface area (Å²) in [5.74, 6) is 2.08. The highest BCUT2D eigenvalue weighted by Gasteiger charge is 2.25. The molecule has 0 unspecified atom stereocenters. The molecule has 0 fully saturated rings. The van der Waals surface area contributed by atoms with Crippen LogP contribution in [0, 0.1) is 5.92 Å². The van der Waals surface area contributed by atoms with Gasteiger partial charge in [0.15, 0.2) is 6.61 Å². The molecule has 0 atom stereocenters. The summed E-state index contributed by atoms with van der Waals surface area (Å²) in [6.45, 7) is 4.95. The minimum absolute atomic E-state index is 0.0214. The molecule has 0 saturated heterocycles. The van der Waals surface area contributed by atoms with Crippen LogP contribution in [-0.2, 0) is 22.6 Å². The van der Waals surface area contributed by atoms with Gasteiger partial charge < -0.3 is 19.4 Å². The van der Waals surface area contributed by atoms with Crippen LogP contribution in [0.5, 0.6) is 5.75 Å². The second kappa shape index (κ2) is 9.49. The molecular formula is C25H25ClN2O4. The summed E-state index contributed by atoms with van der Waals surface area (Å²) in [6, 6.07) is 16.3. The van der Waals surface area contributed by atoms with Crippen LogP contribution < -0.4 is 10.1 Å². The number of furan rings is 1. The average Bonchev–Trinajstić information content (AvgIpc) is 3.22. The molecule has 1 aliphatic rings. The van der Waals surface area contributed by atoms with Crippen molar-refractivity contribution in [1.82, 2.24) is 4.90 Å². The van der Waals surface area contributed by atoms with Crippen LogP contribution in [0.15, 0.2) is 59.0 Å². The van der Waals surface area contributed by atoms with Crippen LogP contribution in [0.25, 0.3) is 11.3 Å². The first-order chi connectivity index (χ1) is 15.4. The van der Waals surface area contributed by atoms with Gasteiger partial charge in [-0.2, -0.15) is 0 Å². The van der Waals surface area contributed by atoms with E-state index in [4.69, 9.17) is 20.8 Å². The van der Waals surface area contributed by atoms with Gasteiger partial charge in [-0.15, -0.1) is 0 Å². The third-order valence-electron chi connectivity index (χ3n) is 5.29. The van der Waals surface area contributed by atoms with E-state index < -0.39 is 0 Å². The molecule has 2 heterocycles. The van der Waals surface area contributed by atoms with Crippen molar-refractivity contribution in [3.63, 3.8) is 0 Å². The first-order valence-corrected chi connectivity index (χ1v) is 11.0. The number of nitrogens with zero attached hydrogens (tertiary/aromatic N) is 1. The summed E-state index contributed by atoms with van der Waals surface area (Å²) >= 11 is 5.85. The number of rotatable bonds is 6. The number of ether oxygens (including phenoxy) is 1. The first kappa shape index (κ1) is 22.0. The number of carbonyl (C=O) groups excluding carboxylic acids is 2. The van der Waals surface area contributed by atoms with Gasteiger partial charge in [0.25, 0.3) is 5.91 Å². The van der Waals surface area contributed by atoms with E-state index in [9.17, 15) is 9.59 Å². The van der Waals surface area contributed by atoms with Gasteiger partial charge in [-0.3, -0.25) is 9.59 Å². The molecule has 1 aromatic heterocycles. The highest BCUT2D eigenvalue weighted by Crippen LogP contribution is 2.31. The summed E-state index contributed by atoms with van der Waals surface area (Å²) in [7, 11) is 0. The van der Waals surface area contributed by atoms with Crippen molar-refractivity contribution in [2.45, 2.75) is 26.8 Å². The number of benzene rings is 2. The quantitative estimate of drug-likeness (QED) is 0.560. The van der Waals surface area contributed by atoms with Crippen LogP contribution >= 0.6 is 11.6 Å². The predicted molar refractivity (Wildman–Crippen MR) is 124 cm³/mol. The number of anilines is 1. The van der Waals surface area contributed by atoms with E-state index in [1.54, 1.807) is 24.3 Å². The van der Waals surface area contributed by atoms with E-state index in [1.165, 1.54) is 0 Å². The Hall–Kier alpha value is -3.25. The maximum absolute atomic E-state index is 12.3. The lowest BCUT2D eigenvalue weighted by molar-refractivity contribution is -0.135. The van der Waals surface area contributed by atoms with Crippen LogP contribution in [0.2, 0.25) is 5.02 Å². The van der Waals surface area contributed by atoms with Gasteiger partial charge in [-0.1, -0.05) is 37.6 Å². The van der Waals surface area contributed by atoms with Gasteiger partial charge in [0, 0.05) is 47.3 Å². The van der Waals surface area contributed by atoms with Crippen molar-refractivity contribution in [2.24, 2.45) is 5.92 Å². The zero-order valence-corrected chi connectivity index (χ0v) is 18.8. The molecule has 166 valence electrons. The Morgan fingerprint density at radius 2 is 1.94 bits per heavy atom. The Bertz CT molecular complexity index is 1120. The van der Waals surface area contributed by atoms with Crippen LogP contribution in [0.1, 0.15) is 25.2 Å². The summed E-state index contributed by atoms with van der Waals surface area (Å²) in [5, 5.41) is 3.45. The van der Waals surface area contributed by atoms with Crippen molar-refractivity contribution >= 4 is 29.1 Å². The summed E-state index contributed by atoms with van der Waals surface area (Å²) in [4.78, 5) is 26.5. The Morgan fingerprint density at radius 3 is 2.69 bits per heavy atom. The molecule has 32 heavy (non-hydrogen) atoms. The lowest BCUT2D eigenvalue weighted by Gasteiger charge is -2.27. The van der Waals surface area contributed by atoms with E-state index in [0.29, 0.717) is 36.0 Å². The molecule has 0 saturated carbocycles. The molecule has 1 aliphatic heterocycles. The zero-order valence-electron chi connectivity index (χ0n) is 18.1. The van der Waals surface area contributed by atoms with Gasteiger partial charge in [0.05, 0.1) is 0 Å². The maximum atomic E-state index is 12.3. The molecule has 0 radical (unpaired) electrons. The second-order valence-electron chi connectivity index (χ2n) is 8.10. The van der Waals surface area contributed by atoms with Gasteiger partial charge in [-0.25, -0.2) is 0 Å². The van der Waals surface area contributed by atoms with Gasteiger partial charge >= 0.3 is 0 Å². The van der Waals surface area contributed by atoms with E-state index in [0.717, 1.165) is 22.6 Å². The van der Waals surface area contributed by atoms with Crippen molar-refractivity contribution in [2.75, 3.05) is 18.5 Å². The number of hydrogen-bond acceptors (Lipinski definition) is 4. The summed E-state index contributed by atoms with van der Waals surface area (Å²) in [6.07, 6.45) is 0.701. The smallest absolute Gasteiger partial charge is 0.262 e. The highest BCUT2D eigenvalue weighted by molar-refractivity contribution is 6.30. The minimum Gasteiger partial charge on any atom is -0.484 e. The standard InChI is InChI=1S/C25H25ClN2O4/c1-16(2)25(30)28-11-10-22-18(14-28)13-23(32-22)17-4-3-5-20(12-17)27-24(29)15-31-21-8-6-19(26)7-9-21/h3-9,12-13,16H,10-11,14-15H2,1-2H3,(H,27,29). The second-order valence-corrected chi connectivity index (χ2v) is 8.53. The molecule has 0 spiro atoms. The monoisotopic (exact) mass is 452 g/mol. The van der Waals surface area contributed by atoms with Crippen molar-refractivity contribution in [1.29, 1.82) is 0 Å². The average molecular weight is 453 g/mol. The van der Waals surface area contributed by atoms with E-state index >= 15 is 0 Å². The molecule has 1 N–H and O–H groups in total. The first-order valence-electron chi connectivity index (χ1n) is 10.6. The van der Waals surface area contributed by atoms with E-state index in [2.05, 4.69) is 5.32 Å². The fourth-order valence-corrected chi connectivity index (χ4v) is 3.78. The number of halogens is 1. The number of hydrogen-bond donors (Lipinski definition) is 1. The molecule has 3 aromatic rings. The fourth-order valence-electron chi connectivity index (χ4n) is 3.66. The fraction of sp³-hybridized carbons (Fsp3) is 0.280.